The van der Waals surface area contributed by atoms with Gasteiger partial charge in [-0.05, 0) is 37.3 Å². The van der Waals surface area contributed by atoms with Crippen molar-refractivity contribution >= 4 is 5.97 Å². The smallest absolute Gasteiger partial charge is 0.337 e. The van der Waals surface area contributed by atoms with Gasteiger partial charge in [-0.15, -0.1) is 0 Å². The predicted molar refractivity (Wildman–Crippen MR) is 52.5 cm³/mol. The fourth-order valence-corrected chi connectivity index (χ4v) is 1.73. The van der Waals surface area contributed by atoms with Crippen molar-refractivity contribution in [2.75, 3.05) is 0 Å². The van der Waals surface area contributed by atoms with E-state index in [1.54, 1.807) is 13.0 Å². The van der Waals surface area contributed by atoms with Gasteiger partial charge in [-0.25, -0.2) is 4.79 Å². The maximum Gasteiger partial charge on any atom is 0.337 e. The number of hydrogen-bond acceptors (Lipinski definition) is 2. The number of aromatic nitrogens is 1. The fraction of sp³-hybridized carbons (Fsp3) is 0.455. The molecule has 0 amide bonds. The summed E-state index contributed by atoms with van der Waals surface area (Å²) < 4.78 is 0. The second-order valence-corrected chi connectivity index (χ2v) is 3.83. The van der Waals surface area contributed by atoms with Crippen molar-refractivity contribution in [3.05, 3.63) is 29.1 Å². The number of aryl methyl sites for hydroxylation is 1. The lowest BCUT2D eigenvalue weighted by atomic mass is 9.80. The molecule has 3 heteroatoms. The predicted octanol–water partition coefficient (Wildman–Crippen LogP) is 2.36. The van der Waals surface area contributed by atoms with Crippen molar-refractivity contribution in [1.29, 1.82) is 0 Å². The van der Waals surface area contributed by atoms with E-state index in [2.05, 4.69) is 4.98 Å². The summed E-state index contributed by atoms with van der Waals surface area (Å²) in [5.74, 6) is -0.336. The van der Waals surface area contributed by atoms with Crippen molar-refractivity contribution in [3.8, 4) is 0 Å². The second-order valence-electron chi connectivity index (χ2n) is 3.83. The molecule has 1 N–H and O–H groups in total. The molecule has 0 spiro atoms. The van der Waals surface area contributed by atoms with E-state index in [9.17, 15) is 4.79 Å². The number of hydrogen-bond donors (Lipinski definition) is 1. The minimum atomic E-state index is -0.879. The van der Waals surface area contributed by atoms with Gasteiger partial charge in [0.25, 0.3) is 0 Å². The van der Waals surface area contributed by atoms with Gasteiger partial charge in [0.05, 0.1) is 11.3 Å². The van der Waals surface area contributed by atoms with Crippen molar-refractivity contribution < 1.29 is 9.90 Å². The van der Waals surface area contributed by atoms with Gasteiger partial charge in [0.2, 0.25) is 0 Å². The Bertz CT molecular complexity index is 370. The van der Waals surface area contributed by atoms with Crippen molar-refractivity contribution in [2.45, 2.75) is 32.1 Å². The van der Waals surface area contributed by atoms with Gasteiger partial charge in [0.15, 0.2) is 0 Å². The molecule has 1 aliphatic rings. The molecule has 0 atom stereocenters. The third-order valence-electron chi connectivity index (χ3n) is 2.92. The number of aromatic carboxylic acids is 1. The zero-order valence-electron chi connectivity index (χ0n) is 8.16. The average Bonchev–Trinajstić information content (AvgIpc) is 2.04. The molecule has 1 aromatic rings. The zero-order chi connectivity index (χ0) is 10.1. The second kappa shape index (κ2) is 3.40. The van der Waals surface area contributed by atoms with E-state index in [1.807, 2.05) is 6.20 Å². The summed E-state index contributed by atoms with van der Waals surface area (Å²) in [6.07, 6.45) is 5.40. The Hall–Kier alpha value is -1.38. The number of carboxylic acid groups (broad SMARTS) is 1. The van der Waals surface area contributed by atoms with Gasteiger partial charge in [0, 0.05) is 6.20 Å². The molecule has 74 valence electrons. The van der Waals surface area contributed by atoms with Crippen LogP contribution in [0.15, 0.2) is 12.3 Å². The Kier molecular flexibility index (Phi) is 2.23. The Morgan fingerprint density at radius 1 is 1.57 bits per heavy atom. The molecule has 0 aliphatic heterocycles. The Morgan fingerprint density at radius 2 is 2.29 bits per heavy atom. The van der Waals surface area contributed by atoms with Crippen LogP contribution in [0.25, 0.3) is 0 Å². The van der Waals surface area contributed by atoms with Crippen LogP contribution in [0.1, 0.15) is 46.8 Å². The Morgan fingerprint density at radius 3 is 2.79 bits per heavy atom. The largest absolute Gasteiger partial charge is 0.478 e. The lowest BCUT2D eigenvalue weighted by Gasteiger charge is -2.25. The van der Waals surface area contributed by atoms with E-state index in [0.29, 0.717) is 17.2 Å². The number of nitrogens with zero attached hydrogens (tertiary/aromatic N) is 1. The maximum atomic E-state index is 10.9. The summed E-state index contributed by atoms with van der Waals surface area (Å²) in [5, 5.41) is 8.92. The summed E-state index contributed by atoms with van der Waals surface area (Å²) in [6, 6.07) is 1.77. The summed E-state index contributed by atoms with van der Waals surface area (Å²) in [5.41, 5.74) is 2.02. The normalized spacial score (nSPS) is 16.4. The first-order valence-electron chi connectivity index (χ1n) is 4.88. The third kappa shape index (κ3) is 1.50. The summed E-state index contributed by atoms with van der Waals surface area (Å²) >= 11 is 0. The minimum absolute atomic E-state index is 0.342. The Labute approximate surface area is 82.8 Å². The van der Waals surface area contributed by atoms with Crippen LogP contribution in [0.2, 0.25) is 0 Å². The lowest BCUT2D eigenvalue weighted by Crippen LogP contribution is -2.11. The van der Waals surface area contributed by atoms with Crippen molar-refractivity contribution in [1.82, 2.24) is 4.98 Å². The van der Waals surface area contributed by atoms with Crippen LogP contribution in [0.5, 0.6) is 0 Å². The molecule has 0 unspecified atom stereocenters. The molecule has 1 saturated carbocycles. The van der Waals surface area contributed by atoms with E-state index in [1.165, 1.54) is 19.3 Å². The van der Waals surface area contributed by atoms with Gasteiger partial charge in [-0.1, -0.05) is 6.42 Å². The first-order valence-corrected chi connectivity index (χ1v) is 4.88. The molecule has 0 radical (unpaired) electrons. The van der Waals surface area contributed by atoms with Gasteiger partial charge in [-0.2, -0.15) is 0 Å². The lowest BCUT2D eigenvalue weighted by molar-refractivity contribution is 0.0695. The molecule has 0 bridgehead atoms. The highest BCUT2D eigenvalue weighted by Crippen LogP contribution is 2.36. The molecule has 3 nitrogen and oxygen atoms in total. The molecular formula is C11H13NO2. The molecule has 1 heterocycles. The minimum Gasteiger partial charge on any atom is -0.478 e. The van der Waals surface area contributed by atoms with Crippen LogP contribution >= 0.6 is 0 Å². The first kappa shape index (κ1) is 9.19. The van der Waals surface area contributed by atoms with Gasteiger partial charge < -0.3 is 5.11 Å². The number of pyridine rings is 1. The molecule has 14 heavy (non-hydrogen) atoms. The highest BCUT2D eigenvalue weighted by molar-refractivity contribution is 5.88. The Balaban J connectivity index is 2.34. The van der Waals surface area contributed by atoms with Crippen LogP contribution in [0.3, 0.4) is 0 Å². The van der Waals surface area contributed by atoms with E-state index in [4.69, 9.17) is 5.11 Å². The van der Waals surface area contributed by atoms with E-state index in [-0.39, 0.29) is 0 Å². The van der Waals surface area contributed by atoms with E-state index >= 15 is 0 Å². The maximum absolute atomic E-state index is 10.9. The van der Waals surface area contributed by atoms with E-state index in [0.717, 1.165) is 5.56 Å². The molecule has 1 aromatic heterocycles. The van der Waals surface area contributed by atoms with E-state index < -0.39 is 5.97 Å². The van der Waals surface area contributed by atoms with Crippen LogP contribution in [0.4, 0.5) is 0 Å². The van der Waals surface area contributed by atoms with Crippen molar-refractivity contribution in [2.24, 2.45) is 0 Å². The average molecular weight is 191 g/mol. The van der Waals surface area contributed by atoms with Crippen LogP contribution < -0.4 is 0 Å². The fourth-order valence-electron chi connectivity index (χ4n) is 1.73. The summed E-state index contributed by atoms with van der Waals surface area (Å²) in [4.78, 5) is 15.0. The van der Waals surface area contributed by atoms with Crippen LogP contribution in [0, 0.1) is 6.92 Å². The highest BCUT2D eigenvalue weighted by atomic mass is 16.4. The number of rotatable bonds is 2. The first-order chi connectivity index (χ1) is 6.68. The molecule has 2 rings (SSSR count). The topological polar surface area (TPSA) is 50.2 Å². The van der Waals surface area contributed by atoms with Crippen LogP contribution in [-0.2, 0) is 0 Å². The zero-order valence-corrected chi connectivity index (χ0v) is 8.16. The number of carbonyl (C=O) groups is 1. The molecule has 0 aromatic carbocycles. The van der Waals surface area contributed by atoms with Crippen molar-refractivity contribution in [3.63, 3.8) is 0 Å². The van der Waals surface area contributed by atoms with Gasteiger partial charge >= 0.3 is 5.97 Å². The highest BCUT2D eigenvalue weighted by Gasteiger charge is 2.21. The standard InChI is InChI=1S/C11H13NO2/c1-7-10(11(13)14)5-9(6-12-7)8-3-2-4-8/h5-6,8H,2-4H2,1H3,(H,13,14). The molecule has 1 fully saturated rings. The quantitative estimate of drug-likeness (QED) is 0.780. The molecule has 1 aliphatic carbocycles. The summed E-state index contributed by atoms with van der Waals surface area (Å²) in [6.45, 7) is 1.73. The number of carboxylic acids is 1. The van der Waals surface area contributed by atoms with Gasteiger partial charge in [-0.3, -0.25) is 4.98 Å². The van der Waals surface area contributed by atoms with Crippen LogP contribution in [-0.4, -0.2) is 16.1 Å². The monoisotopic (exact) mass is 191 g/mol. The molecular weight excluding hydrogens is 178 g/mol. The molecule has 0 saturated heterocycles. The summed E-state index contributed by atoms with van der Waals surface area (Å²) in [7, 11) is 0. The third-order valence-corrected chi connectivity index (χ3v) is 2.92. The SMILES string of the molecule is Cc1ncc(C2CCC2)cc1C(=O)O. The van der Waals surface area contributed by atoms with Gasteiger partial charge in [0.1, 0.15) is 0 Å².